The van der Waals surface area contributed by atoms with E-state index in [0.717, 1.165) is 5.57 Å². The highest BCUT2D eigenvalue weighted by Gasteiger charge is 2.12. The van der Waals surface area contributed by atoms with Gasteiger partial charge in [0.15, 0.2) is 0 Å². The molecule has 0 heterocycles. The van der Waals surface area contributed by atoms with Gasteiger partial charge in [0, 0.05) is 0 Å². The zero-order chi connectivity index (χ0) is 11.4. The van der Waals surface area contributed by atoms with Crippen molar-refractivity contribution in [3.8, 4) is 5.75 Å². The first-order chi connectivity index (χ1) is 7.02. The second-order valence-corrected chi connectivity index (χ2v) is 3.96. The molecule has 0 spiro atoms. The average Bonchev–Trinajstić information content (AvgIpc) is 2.15. The molecule has 1 aromatic carbocycles. The van der Waals surface area contributed by atoms with Crippen LogP contribution in [0.5, 0.6) is 5.75 Å². The number of hydrogen-bond donors (Lipinski definition) is 1. The van der Waals surface area contributed by atoms with Crippen molar-refractivity contribution in [1.82, 2.24) is 0 Å². The summed E-state index contributed by atoms with van der Waals surface area (Å²) in [7, 11) is 0. The fourth-order valence-corrected chi connectivity index (χ4v) is 1.54. The van der Waals surface area contributed by atoms with Gasteiger partial charge in [-0.2, -0.15) is 0 Å². The molecule has 0 saturated carbocycles. The molecular formula is C11H11BrO3. The van der Waals surface area contributed by atoms with Gasteiger partial charge >= 0.3 is 5.97 Å². The van der Waals surface area contributed by atoms with Crippen LogP contribution >= 0.6 is 15.9 Å². The van der Waals surface area contributed by atoms with Crippen LogP contribution in [0.3, 0.4) is 0 Å². The van der Waals surface area contributed by atoms with Crippen molar-refractivity contribution in [2.45, 2.75) is 6.92 Å². The smallest absolute Gasteiger partial charge is 0.336 e. The van der Waals surface area contributed by atoms with E-state index in [4.69, 9.17) is 9.84 Å². The molecule has 15 heavy (non-hydrogen) atoms. The van der Waals surface area contributed by atoms with Crippen molar-refractivity contribution in [2.75, 3.05) is 6.61 Å². The third-order valence-corrected chi connectivity index (χ3v) is 2.49. The second-order valence-electron chi connectivity index (χ2n) is 3.17. The predicted octanol–water partition coefficient (Wildman–Crippen LogP) is 3.10. The number of rotatable bonds is 4. The Balaban J connectivity index is 2.94. The van der Waals surface area contributed by atoms with Crippen molar-refractivity contribution in [2.24, 2.45) is 0 Å². The molecule has 0 bridgehead atoms. The maximum atomic E-state index is 10.8. The van der Waals surface area contributed by atoms with E-state index in [1.807, 2.05) is 6.92 Å². The Morgan fingerprint density at radius 1 is 1.60 bits per heavy atom. The molecule has 0 aromatic heterocycles. The number of carboxylic acid groups (broad SMARTS) is 1. The molecule has 1 N–H and O–H groups in total. The third-order valence-electron chi connectivity index (χ3n) is 1.67. The normalized spacial score (nSPS) is 9.73. The maximum absolute atomic E-state index is 10.8. The van der Waals surface area contributed by atoms with E-state index in [9.17, 15) is 4.79 Å². The van der Waals surface area contributed by atoms with Crippen molar-refractivity contribution >= 4 is 21.9 Å². The summed E-state index contributed by atoms with van der Waals surface area (Å²) in [5, 5.41) is 8.86. The molecule has 4 heteroatoms. The highest BCUT2D eigenvalue weighted by atomic mass is 79.9. The molecule has 3 nitrogen and oxygen atoms in total. The van der Waals surface area contributed by atoms with Gasteiger partial charge < -0.3 is 9.84 Å². The number of hydrogen-bond acceptors (Lipinski definition) is 2. The third kappa shape index (κ3) is 3.09. The number of carboxylic acids is 1. The van der Waals surface area contributed by atoms with Crippen LogP contribution in [0.25, 0.3) is 0 Å². The lowest BCUT2D eigenvalue weighted by Crippen LogP contribution is -2.02. The minimum absolute atomic E-state index is 0.189. The molecule has 0 unspecified atom stereocenters. The molecule has 0 atom stereocenters. The molecule has 0 aliphatic carbocycles. The monoisotopic (exact) mass is 270 g/mol. The van der Waals surface area contributed by atoms with E-state index in [0.29, 0.717) is 16.8 Å². The fourth-order valence-electron chi connectivity index (χ4n) is 0.988. The fraction of sp³-hybridized carbons (Fsp3) is 0.182. The number of benzene rings is 1. The van der Waals surface area contributed by atoms with Crippen LogP contribution < -0.4 is 4.74 Å². The molecule has 80 valence electrons. The van der Waals surface area contributed by atoms with Crippen LogP contribution in [0.1, 0.15) is 17.3 Å². The summed E-state index contributed by atoms with van der Waals surface area (Å²) < 4.78 is 5.84. The summed E-state index contributed by atoms with van der Waals surface area (Å²) in [4.78, 5) is 10.8. The minimum Gasteiger partial charge on any atom is -0.488 e. The van der Waals surface area contributed by atoms with Gasteiger partial charge in [0.1, 0.15) is 12.4 Å². The lowest BCUT2D eigenvalue weighted by atomic mass is 10.2. The predicted molar refractivity (Wildman–Crippen MR) is 61.4 cm³/mol. The van der Waals surface area contributed by atoms with Crippen molar-refractivity contribution in [3.05, 3.63) is 40.4 Å². The highest BCUT2D eigenvalue weighted by Crippen LogP contribution is 2.28. The van der Waals surface area contributed by atoms with Crippen LogP contribution in [0.2, 0.25) is 0 Å². The van der Waals surface area contributed by atoms with Crippen LogP contribution in [-0.4, -0.2) is 17.7 Å². The van der Waals surface area contributed by atoms with Gasteiger partial charge in [-0.15, -0.1) is 0 Å². The molecular weight excluding hydrogens is 260 g/mol. The Bertz CT molecular complexity index is 399. The largest absolute Gasteiger partial charge is 0.488 e. The maximum Gasteiger partial charge on any atom is 0.336 e. The molecule has 0 aliphatic heterocycles. The van der Waals surface area contributed by atoms with Gasteiger partial charge in [0.2, 0.25) is 0 Å². The molecule has 1 rings (SSSR count). The summed E-state index contributed by atoms with van der Waals surface area (Å²) >= 11 is 3.20. The summed E-state index contributed by atoms with van der Waals surface area (Å²) in [5.74, 6) is -0.472. The number of aromatic carboxylic acids is 1. The Kier molecular flexibility index (Phi) is 3.91. The Morgan fingerprint density at radius 2 is 2.27 bits per heavy atom. The van der Waals surface area contributed by atoms with Crippen LogP contribution in [0.4, 0.5) is 0 Å². The SMILES string of the molecule is C=C(C)COc1cccc(C(=O)O)c1Br. The second kappa shape index (κ2) is 4.98. The first-order valence-corrected chi connectivity index (χ1v) is 5.10. The molecule has 0 aliphatic rings. The van der Waals surface area contributed by atoms with E-state index < -0.39 is 5.97 Å². The Labute approximate surface area is 96.5 Å². The number of carbonyl (C=O) groups is 1. The highest BCUT2D eigenvalue weighted by molar-refractivity contribution is 9.10. The average molecular weight is 271 g/mol. The topological polar surface area (TPSA) is 46.5 Å². The van der Waals surface area contributed by atoms with Gasteiger partial charge in [-0.05, 0) is 40.6 Å². The molecule has 0 radical (unpaired) electrons. The quantitative estimate of drug-likeness (QED) is 0.856. The van der Waals surface area contributed by atoms with Crippen LogP contribution in [0.15, 0.2) is 34.8 Å². The summed E-state index contributed by atoms with van der Waals surface area (Å²) in [6.45, 7) is 5.92. The molecule has 0 amide bonds. The van der Waals surface area contributed by atoms with Gasteiger partial charge in [0.05, 0.1) is 10.0 Å². The van der Waals surface area contributed by atoms with E-state index in [1.54, 1.807) is 12.1 Å². The first kappa shape index (κ1) is 11.8. The lowest BCUT2D eigenvalue weighted by Gasteiger charge is -2.09. The Morgan fingerprint density at radius 3 is 2.80 bits per heavy atom. The number of ether oxygens (including phenoxy) is 1. The van der Waals surface area contributed by atoms with Gasteiger partial charge in [-0.1, -0.05) is 12.6 Å². The minimum atomic E-state index is -0.984. The standard InChI is InChI=1S/C11H11BrO3/c1-7(2)6-15-9-5-3-4-8(10(9)12)11(13)14/h3-5H,1,6H2,2H3,(H,13,14). The van der Waals surface area contributed by atoms with Crippen molar-refractivity contribution in [1.29, 1.82) is 0 Å². The molecule has 0 fully saturated rings. The zero-order valence-electron chi connectivity index (χ0n) is 8.29. The molecule has 1 aromatic rings. The Hall–Kier alpha value is -1.29. The van der Waals surface area contributed by atoms with Crippen LogP contribution in [-0.2, 0) is 0 Å². The van der Waals surface area contributed by atoms with E-state index in [1.165, 1.54) is 6.07 Å². The van der Waals surface area contributed by atoms with E-state index in [2.05, 4.69) is 22.5 Å². The van der Waals surface area contributed by atoms with Gasteiger partial charge in [-0.25, -0.2) is 4.79 Å². The molecule has 0 saturated heterocycles. The summed E-state index contributed by atoms with van der Waals surface area (Å²) in [6, 6.07) is 4.86. The van der Waals surface area contributed by atoms with Gasteiger partial charge in [-0.3, -0.25) is 0 Å². The van der Waals surface area contributed by atoms with Crippen LogP contribution in [0, 0.1) is 0 Å². The van der Waals surface area contributed by atoms with Gasteiger partial charge in [0.25, 0.3) is 0 Å². The first-order valence-electron chi connectivity index (χ1n) is 4.31. The van der Waals surface area contributed by atoms with Crippen molar-refractivity contribution < 1.29 is 14.6 Å². The summed E-state index contributed by atoms with van der Waals surface area (Å²) in [5.41, 5.74) is 1.07. The van der Waals surface area contributed by atoms with Crippen molar-refractivity contribution in [3.63, 3.8) is 0 Å². The van der Waals surface area contributed by atoms with E-state index >= 15 is 0 Å². The zero-order valence-corrected chi connectivity index (χ0v) is 9.87. The summed E-state index contributed by atoms with van der Waals surface area (Å²) in [6.07, 6.45) is 0. The number of halogens is 1. The lowest BCUT2D eigenvalue weighted by molar-refractivity contribution is 0.0695. The van der Waals surface area contributed by atoms with E-state index in [-0.39, 0.29) is 5.56 Å².